The van der Waals surface area contributed by atoms with Gasteiger partial charge >= 0.3 is 5.97 Å². The van der Waals surface area contributed by atoms with E-state index in [1.54, 1.807) is 27.2 Å². The van der Waals surface area contributed by atoms with Gasteiger partial charge in [0.05, 0.1) is 26.7 Å². The zero-order chi connectivity index (χ0) is 17.7. The van der Waals surface area contributed by atoms with Crippen LogP contribution in [0.5, 0.6) is 11.5 Å². The van der Waals surface area contributed by atoms with E-state index in [4.69, 9.17) is 14.2 Å². The van der Waals surface area contributed by atoms with Gasteiger partial charge in [-0.3, -0.25) is 9.59 Å². The minimum Gasteiger partial charge on any atom is -0.497 e. The Morgan fingerprint density at radius 1 is 1.08 bits per heavy atom. The van der Waals surface area contributed by atoms with Crippen LogP contribution >= 0.6 is 0 Å². The molecule has 1 fully saturated rings. The van der Waals surface area contributed by atoms with Gasteiger partial charge in [-0.15, -0.1) is 0 Å². The summed E-state index contributed by atoms with van der Waals surface area (Å²) >= 11 is 0. The lowest BCUT2D eigenvalue weighted by atomic mass is 9.76. The zero-order valence-corrected chi connectivity index (χ0v) is 14.2. The summed E-state index contributed by atoms with van der Waals surface area (Å²) in [5.41, 5.74) is 0.932. The van der Waals surface area contributed by atoms with Crippen molar-refractivity contribution in [3.05, 3.63) is 23.8 Å². The van der Waals surface area contributed by atoms with E-state index < -0.39 is 17.7 Å². The van der Waals surface area contributed by atoms with Crippen LogP contribution in [-0.2, 0) is 19.1 Å². The number of hydrogen-bond donors (Lipinski definition) is 0. The van der Waals surface area contributed by atoms with Gasteiger partial charge in [-0.05, 0) is 43.4 Å². The van der Waals surface area contributed by atoms with Crippen molar-refractivity contribution < 1.29 is 28.6 Å². The average Bonchev–Trinajstić information content (AvgIpc) is 2.60. The standard InChI is InChI=1S/C18H22O6/c1-4-24-18(21)17(20)15-6-5-11(9-16(15)19)12-7-13(22-2)10-14(8-12)23-3/h7-8,10-11,15H,4-6,9H2,1-3H3. The van der Waals surface area contributed by atoms with Gasteiger partial charge in [0.25, 0.3) is 0 Å². The summed E-state index contributed by atoms with van der Waals surface area (Å²) in [5.74, 6) is -1.46. The molecule has 0 amide bonds. The fourth-order valence-electron chi connectivity index (χ4n) is 2.99. The van der Waals surface area contributed by atoms with E-state index in [1.807, 2.05) is 12.1 Å². The molecule has 2 atom stereocenters. The fourth-order valence-corrected chi connectivity index (χ4v) is 2.99. The lowest BCUT2D eigenvalue weighted by Crippen LogP contribution is -2.35. The number of rotatable bonds is 6. The SMILES string of the molecule is CCOC(=O)C(=O)C1CCC(c2cc(OC)cc(OC)c2)CC1=O. The third-order valence-electron chi connectivity index (χ3n) is 4.28. The molecule has 130 valence electrons. The highest BCUT2D eigenvalue weighted by molar-refractivity contribution is 6.38. The highest BCUT2D eigenvalue weighted by Gasteiger charge is 2.37. The molecule has 2 unspecified atom stereocenters. The molecule has 0 aromatic heterocycles. The summed E-state index contributed by atoms with van der Waals surface area (Å²) in [7, 11) is 3.14. The van der Waals surface area contributed by atoms with Gasteiger partial charge in [0.1, 0.15) is 17.3 Å². The van der Waals surface area contributed by atoms with Crippen LogP contribution in [0.3, 0.4) is 0 Å². The molecule has 0 N–H and O–H groups in total. The minimum absolute atomic E-state index is 0.0206. The Hall–Kier alpha value is -2.37. The fraction of sp³-hybridized carbons (Fsp3) is 0.500. The summed E-state index contributed by atoms with van der Waals surface area (Å²) in [6.45, 7) is 1.75. The minimum atomic E-state index is -0.919. The quantitative estimate of drug-likeness (QED) is 0.451. The summed E-state index contributed by atoms with van der Waals surface area (Å²) in [4.78, 5) is 35.9. The Morgan fingerprint density at radius 3 is 2.21 bits per heavy atom. The van der Waals surface area contributed by atoms with Gasteiger partial charge in [-0.1, -0.05) is 0 Å². The molecule has 0 radical (unpaired) electrons. The van der Waals surface area contributed by atoms with E-state index in [9.17, 15) is 14.4 Å². The van der Waals surface area contributed by atoms with Crippen LogP contribution in [0.1, 0.15) is 37.7 Å². The van der Waals surface area contributed by atoms with Crippen molar-refractivity contribution in [2.45, 2.75) is 32.1 Å². The summed E-state index contributed by atoms with van der Waals surface area (Å²) in [5, 5.41) is 0. The first-order valence-electron chi connectivity index (χ1n) is 7.96. The van der Waals surface area contributed by atoms with E-state index in [0.29, 0.717) is 24.3 Å². The second-order valence-corrected chi connectivity index (χ2v) is 5.73. The van der Waals surface area contributed by atoms with Crippen LogP contribution in [0, 0.1) is 5.92 Å². The molecule has 6 nitrogen and oxygen atoms in total. The first-order valence-corrected chi connectivity index (χ1v) is 7.96. The molecule has 1 aromatic rings. The Balaban J connectivity index is 2.12. The van der Waals surface area contributed by atoms with Gasteiger partial charge in [-0.2, -0.15) is 0 Å². The van der Waals surface area contributed by atoms with Crippen molar-refractivity contribution in [2.75, 3.05) is 20.8 Å². The van der Waals surface area contributed by atoms with Crippen LogP contribution in [-0.4, -0.2) is 38.4 Å². The summed E-state index contributed by atoms with van der Waals surface area (Å²) in [6.07, 6.45) is 1.20. The number of benzene rings is 1. The Morgan fingerprint density at radius 2 is 1.71 bits per heavy atom. The highest BCUT2D eigenvalue weighted by atomic mass is 16.5. The van der Waals surface area contributed by atoms with Crippen LogP contribution in [0.2, 0.25) is 0 Å². The molecule has 24 heavy (non-hydrogen) atoms. The van der Waals surface area contributed by atoms with E-state index in [1.165, 1.54) is 0 Å². The van der Waals surface area contributed by atoms with Crippen LogP contribution in [0.4, 0.5) is 0 Å². The summed E-state index contributed by atoms with van der Waals surface area (Å²) in [6, 6.07) is 5.50. The van der Waals surface area contributed by atoms with E-state index in [2.05, 4.69) is 0 Å². The molecule has 1 saturated carbocycles. The smallest absolute Gasteiger partial charge is 0.375 e. The number of Topliss-reactive ketones (excluding diaryl/α,β-unsaturated/α-hetero) is 2. The number of ketones is 2. The Bertz CT molecular complexity index is 614. The number of esters is 1. The lowest BCUT2D eigenvalue weighted by molar-refractivity contribution is -0.157. The van der Waals surface area contributed by atoms with Gasteiger partial charge < -0.3 is 14.2 Å². The average molecular weight is 334 g/mol. The highest BCUT2D eigenvalue weighted by Crippen LogP contribution is 2.37. The molecule has 0 aliphatic heterocycles. The first-order chi connectivity index (χ1) is 11.5. The van der Waals surface area contributed by atoms with Gasteiger partial charge in [0.2, 0.25) is 5.78 Å². The van der Waals surface area contributed by atoms with Gasteiger partial charge in [-0.25, -0.2) is 4.79 Å². The monoisotopic (exact) mass is 334 g/mol. The number of ether oxygens (including phenoxy) is 3. The number of carbonyl (C=O) groups excluding carboxylic acids is 3. The van der Waals surface area contributed by atoms with Crippen molar-refractivity contribution in [1.82, 2.24) is 0 Å². The predicted octanol–water partition coefficient (Wildman–Crippen LogP) is 2.29. The van der Waals surface area contributed by atoms with Crippen LogP contribution in [0.25, 0.3) is 0 Å². The van der Waals surface area contributed by atoms with Gasteiger partial charge in [0, 0.05) is 12.5 Å². The van der Waals surface area contributed by atoms with E-state index in [0.717, 1.165) is 5.56 Å². The van der Waals surface area contributed by atoms with Crippen LogP contribution in [0.15, 0.2) is 18.2 Å². The third-order valence-corrected chi connectivity index (χ3v) is 4.28. The van der Waals surface area contributed by atoms with Crippen molar-refractivity contribution in [3.8, 4) is 11.5 Å². The maximum Gasteiger partial charge on any atom is 0.375 e. The Kier molecular flexibility index (Phi) is 5.95. The molecule has 2 rings (SSSR count). The number of carbonyl (C=O) groups is 3. The first kappa shape index (κ1) is 18.0. The molecule has 1 aliphatic carbocycles. The van der Waals surface area contributed by atoms with Crippen molar-refractivity contribution in [1.29, 1.82) is 0 Å². The Labute approximate surface area is 141 Å². The molecular formula is C18H22O6. The maximum absolute atomic E-state index is 12.3. The summed E-state index contributed by atoms with van der Waals surface area (Å²) < 4.78 is 15.2. The predicted molar refractivity (Wildman–Crippen MR) is 86.3 cm³/mol. The van der Waals surface area contributed by atoms with Crippen molar-refractivity contribution in [3.63, 3.8) is 0 Å². The maximum atomic E-state index is 12.3. The molecule has 6 heteroatoms. The molecular weight excluding hydrogens is 312 g/mol. The molecule has 0 heterocycles. The second kappa shape index (κ2) is 7.95. The third kappa shape index (κ3) is 3.93. The molecule has 0 spiro atoms. The number of hydrogen-bond acceptors (Lipinski definition) is 6. The topological polar surface area (TPSA) is 78.9 Å². The zero-order valence-electron chi connectivity index (χ0n) is 14.2. The lowest BCUT2D eigenvalue weighted by Gasteiger charge is -2.26. The largest absolute Gasteiger partial charge is 0.497 e. The van der Waals surface area contributed by atoms with Crippen molar-refractivity contribution >= 4 is 17.5 Å². The molecule has 0 bridgehead atoms. The number of methoxy groups -OCH3 is 2. The van der Waals surface area contributed by atoms with Crippen molar-refractivity contribution in [2.24, 2.45) is 5.92 Å². The molecule has 0 saturated heterocycles. The van der Waals surface area contributed by atoms with E-state index >= 15 is 0 Å². The molecule has 1 aromatic carbocycles. The second-order valence-electron chi connectivity index (χ2n) is 5.73. The normalized spacial score (nSPS) is 20.4. The molecule has 1 aliphatic rings. The van der Waals surface area contributed by atoms with E-state index in [-0.39, 0.29) is 24.7 Å². The van der Waals surface area contributed by atoms with Gasteiger partial charge in [0.15, 0.2) is 0 Å². The van der Waals surface area contributed by atoms with Crippen LogP contribution < -0.4 is 9.47 Å².